The van der Waals surface area contributed by atoms with Crippen molar-refractivity contribution in [3.05, 3.63) is 70.4 Å². The summed E-state index contributed by atoms with van der Waals surface area (Å²) in [5.41, 5.74) is 1.61. The highest BCUT2D eigenvalue weighted by Crippen LogP contribution is 2.29. The normalized spacial score (nSPS) is 10.9. The highest BCUT2D eigenvalue weighted by Gasteiger charge is 2.10. The monoisotopic (exact) mass is 400 g/mol. The lowest BCUT2D eigenvalue weighted by molar-refractivity contribution is 0.475. The van der Waals surface area contributed by atoms with E-state index in [1.165, 1.54) is 6.07 Å². The summed E-state index contributed by atoms with van der Waals surface area (Å²) in [5.74, 6) is -0.116. The van der Waals surface area contributed by atoms with E-state index in [2.05, 4.69) is 20.6 Å². The zero-order chi connectivity index (χ0) is 18.8. The number of fused-ring (bicyclic) bond motifs is 1. The predicted octanol–water partition coefficient (Wildman–Crippen LogP) is 5.55. The van der Waals surface area contributed by atoms with Crippen molar-refractivity contribution in [2.45, 2.75) is 6.54 Å². The number of thiophene rings is 1. The summed E-state index contributed by atoms with van der Waals surface area (Å²) in [4.78, 5) is 8.12. The Morgan fingerprint density at radius 1 is 1.19 bits per heavy atom. The van der Waals surface area contributed by atoms with Gasteiger partial charge in [0, 0.05) is 28.0 Å². The topological polar surface area (TPSA) is 70.1 Å². The third-order valence-electron chi connectivity index (χ3n) is 3.91. The number of anilines is 3. The van der Waals surface area contributed by atoms with Crippen molar-refractivity contribution in [1.82, 2.24) is 9.97 Å². The molecule has 0 aliphatic carbocycles. The van der Waals surface area contributed by atoms with Crippen LogP contribution in [-0.4, -0.2) is 15.1 Å². The second kappa shape index (κ2) is 7.38. The lowest BCUT2D eigenvalue weighted by Crippen LogP contribution is -2.06. The lowest BCUT2D eigenvalue weighted by atomic mass is 10.2. The lowest BCUT2D eigenvalue weighted by Gasteiger charge is -2.09. The molecular formula is C19H14ClFN4OS. The Balaban J connectivity index is 1.54. The smallest absolute Gasteiger partial charge is 0.229 e. The first-order valence-electron chi connectivity index (χ1n) is 8.06. The van der Waals surface area contributed by atoms with E-state index in [0.29, 0.717) is 17.3 Å². The molecule has 0 saturated carbocycles. The largest absolute Gasteiger partial charge is 0.508 e. The summed E-state index contributed by atoms with van der Waals surface area (Å²) in [6.07, 6.45) is 1.10. The molecular weight excluding hydrogens is 387 g/mol. The third-order valence-corrected chi connectivity index (χ3v) is 5.16. The summed E-state index contributed by atoms with van der Waals surface area (Å²) in [7, 11) is 0. The number of halogens is 2. The molecule has 0 amide bonds. The van der Waals surface area contributed by atoms with Gasteiger partial charge in [-0.05, 0) is 46.7 Å². The zero-order valence-electron chi connectivity index (χ0n) is 13.9. The molecule has 27 heavy (non-hydrogen) atoms. The number of aromatic nitrogens is 2. The van der Waals surface area contributed by atoms with Crippen molar-refractivity contribution in [1.29, 1.82) is 0 Å². The molecule has 2 heterocycles. The van der Waals surface area contributed by atoms with Crippen LogP contribution in [0.5, 0.6) is 5.75 Å². The minimum absolute atomic E-state index is 0.0917. The van der Waals surface area contributed by atoms with Crippen LogP contribution in [0.1, 0.15) is 5.56 Å². The van der Waals surface area contributed by atoms with Gasteiger partial charge in [-0.1, -0.05) is 17.7 Å². The molecule has 0 unspecified atom stereocenters. The van der Waals surface area contributed by atoms with Crippen molar-refractivity contribution >= 4 is 50.5 Å². The Labute approximate surface area is 163 Å². The van der Waals surface area contributed by atoms with Crippen LogP contribution in [0, 0.1) is 5.82 Å². The molecule has 3 N–H and O–H groups in total. The Kier molecular flexibility index (Phi) is 4.79. The molecule has 136 valence electrons. The number of nitrogens with zero attached hydrogens (tertiary/aromatic N) is 2. The maximum Gasteiger partial charge on any atom is 0.229 e. The van der Waals surface area contributed by atoms with Crippen molar-refractivity contribution in [2.75, 3.05) is 10.6 Å². The molecule has 0 atom stereocenters. The molecule has 0 aliphatic rings. The van der Waals surface area contributed by atoms with Gasteiger partial charge < -0.3 is 15.7 Å². The molecule has 0 saturated heterocycles. The van der Waals surface area contributed by atoms with Crippen molar-refractivity contribution in [3.8, 4) is 5.75 Å². The van der Waals surface area contributed by atoms with Gasteiger partial charge in [0.1, 0.15) is 5.75 Å². The van der Waals surface area contributed by atoms with Gasteiger partial charge in [-0.2, -0.15) is 4.98 Å². The fourth-order valence-electron chi connectivity index (χ4n) is 2.63. The van der Waals surface area contributed by atoms with E-state index in [-0.39, 0.29) is 17.5 Å². The number of rotatable bonds is 5. The Morgan fingerprint density at radius 2 is 2.07 bits per heavy atom. The standard InChI is InChI=1S/C19H14ClFN4OS/c20-12-4-5-17-15(6-12)11(10-27-17)8-22-18-16(21)9-23-19(25-18)24-13-2-1-3-14(26)7-13/h1-7,9-10,26H,8H2,(H2,22,23,24,25). The van der Waals surface area contributed by atoms with E-state index in [1.807, 2.05) is 23.6 Å². The number of phenols is 1. The van der Waals surface area contributed by atoms with Gasteiger partial charge >= 0.3 is 0 Å². The number of benzene rings is 2. The van der Waals surface area contributed by atoms with E-state index in [0.717, 1.165) is 21.8 Å². The molecule has 0 radical (unpaired) electrons. The number of phenolic OH excluding ortho intramolecular Hbond substituents is 1. The maximum absolute atomic E-state index is 14.1. The van der Waals surface area contributed by atoms with Gasteiger partial charge in [0.25, 0.3) is 0 Å². The summed E-state index contributed by atoms with van der Waals surface area (Å²) in [6, 6.07) is 12.2. The second-order valence-electron chi connectivity index (χ2n) is 5.82. The number of nitrogens with one attached hydrogen (secondary N) is 2. The average molecular weight is 401 g/mol. The minimum atomic E-state index is -0.547. The Bertz CT molecular complexity index is 1120. The highest BCUT2D eigenvalue weighted by molar-refractivity contribution is 7.17. The van der Waals surface area contributed by atoms with Crippen LogP contribution >= 0.6 is 22.9 Å². The fraction of sp³-hybridized carbons (Fsp3) is 0.0526. The first-order valence-corrected chi connectivity index (χ1v) is 9.32. The molecule has 4 rings (SSSR count). The third kappa shape index (κ3) is 3.94. The van der Waals surface area contributed by atoms with E-state index < -0.39 is 5.82 Å². The first-order chi connectivity index (χ1) is 13.1. The van der Waals surface area contributed by atoms with Crippen molar-refractivity contribution in [3.63, 3.8) is 0 Å². The molecule has 0 fully saturated rings. The van der Waals surface area contributed by atoms with Gasteiger partial charge in [0.2, 0.25) is 5.95 Å². The van der Waals surface area contributed by atoms with Crippen LogP contribution in [0.25, 0.3) is 10.1 Å². The molecule has 0 spiro atoms. The zero-order valence-corrected chi connectivity index (χ0v) is 15.5. The average Bonchev–Trinajstić information content (AvgIpc) is 3.04. The molecule has 2 aromatic heterocycles. The van der Waals surface area contributed by atoms with Gasteiger partial charge in [-0.15, -0.1) is 11.3 Å². The van der Waals surface area contributed by atoms with Crippen LogP contribution < -0.4 is 10.6 Å². The Morgan fingerprint density at radius 3 is 2.93 bits per heavy atom. The van der Waals surface area contributed by atoms with Crippen molar-refractivity contribution in [2.24, 2.45) is 0 Å². The van der Waals surface area contributed by atoms with E-state index in [4.69, 9.17) is 11.6 Å². The molecule has 2 aromatic carbocycles. The van der Waals surface area contributed by atoms with Crippen LogP contribution in [0.3, 0.4) is 0 Å². The van der Waals surface area contributed by atoms with Gasteiger partial charge in [0.05, 0.1) is 6.20 Å². The van der Waals surface area contributed by atoms with Gasteiger partial charge in [-0.3, -0.25) is 0 Å². The van der Waals surface area contributed by atoms with Crippen LogP contribution in [0.2, 0.25) is 5.02 Å². The minimum Gasteiger partial charge on any atom is -0.508 e. The summed E-state index contributed by atoms with van der Waals surface area (Å²) in [6.45, 7) is 0.403. The van der Waals surface area contributed by atoms with E-state index >= 15 is 0 Å². The number of aromatic hydroxyl groups is 1. The predicted molar refractivity (Wildman–Crippen MR) is 108 cm³/mol. The highest BCUT2D eigenvalue weighted by atomic mass is 35.5. The molecule has 5 nitrogen and oxygen atoms in total. The molecule has 8 heteroatoms. The SMILES string of the molecule is Oc1cccc(Nc2ncc(F)c(NCc3csc4ccc(Cl)cc34)n2)c1. The molecule has 0 aliphatic heterocycles. The quantitative estimate of drug-likeness (QED) is 0.410. The van der Waals surface area contributed by atoms with Crippen molar-refractivity contribution < 1.29 is 9.50 Å². The van der Waals surface area contributed by atoms with Crippen LogP contribution in [-0.2, 0) is 6.54 Å². The maximum atomic E-state index is 14.1. The van der Waals surface area contributed by atoms with E-state index in [9.17, 15) is 9.50 Å². The summed E-state index contributed by atoms with van der Waals surface area (Å²) < 4.78 is 15.2. The summed E-state index contributed by atoms with van der Waals surface area (Å²) >= 11 is 7.68. The van der Waals surface area contributed by atoms with Crippen LogP contribution in [0.15, 0.2) is 54.0 Å². The van der Waals surface area contributed by atoms with Gasteiger partial charge in [0.15, 0.2) is 11.6 Å². The number of hydrogen-bond donors (Lipinski definition) is 3. The van der Waals surface area contributed by atoms with Gasteiger partial charge in [-0.25, -0.2) is 9.37 Å². The molecule has 0 bridgehead atoms. The second-order valence-corrected chi connectivity index (χ2v) is 7.17. The summed E-state index contributed by atoms with van der Waals surface area (Å²) in [5, 5.41) is 19.2. The number of hydrogen-bond acceptors (Lipinski definition) is 6. The van der Waals surface area contributed by atoms with Crippen LogP contribution in [0.4, 0.5) is 21.8 Å². The molecule has 4 aromatic rings. The van der Waals surface area contributed by atoms with E-state index in [1.54, 1.807) is 29.5 Å². The fourth-order valence-corrected chi connectivity index (χ4v) is 3.75. The Hall–Kier alpha value is -2.90. The first kappa shape index (κ1) is 17.5.